The van der Waals surface area contributed by atoms with Crippen LogP contribution in [0.4, 0.5) is 5.69 Å². The second-order valence-electron chi connectivity index (χ2n) is 6.26. The quantitative estimate of drug-likeness (QED) is 0.785. The number of anilines is 1. The van der Waals surface area contributed by atoms with Crippen LogP contribution in [-0.4, -0.2) is 73.0 Å². The third-order valence-corrected chi connectivity index (χ3v) is 6.78. The zero-order valence-corrected chi connectivity index (χ0v) is 14.3. The zero-order valence-electron chi connectivity index (χ0n) is 13.5. The Morgan fingerprint density at radius 2 is 2.13 bits per heavy atom. The minimum Gasteiger partial charge on any atom is -0.308 e. The van der Waals surface area contributed by atoms with Crippen LogP contribution in [-0.2, 0) is 14.8 Å². The first-order chi connectivity index (χ1) is 10.9. The Morgan fingerprint density at radius 3 is 2.78 bits per heavy atom. The van der Waals surface area contributed by atoms with Crippen LogP contribution in [0.25, 0.3) is 0 Å². The maximum atomic E-state index is 12.4. The summed E-state index contributed by atoms with van der Waals surface area (Å²) in [6.45, 7) is 3.38. The third-order valence-electron chi connectivity index (χ3n) is 4.95. The van der Waals surface area contributed by atoms with Crippen molar-refractivity contribution < 1.29 is 13.2 Å². The molecule has 1 aromatic rings. The van der Waals surface area contributed by atoms with Crippen molar-refractivity contribution in [1.29, 1.82) is 0 Å². The van der Waals surface area contributed by atoms with Crippen LogP contribution < -0.4 is 4.90 Å². The molecule has 2 fully saturated rings. The van der Waals surface area contributed by atoms with E-state index in [-0.39, 0.29) is 23.7 Å². The summed E-state index contributed by atoms with van der Waals surface area (Å²) >= 11 is 0. The standard InChI is InChI=1S/C15H22N4O3S/c1-3-23(21,22)18-8-6-15(11-18)12-19(14(20)10-17(15)2)13-5-4-7-16-9-13/h4-5,7,9H,3,6,8,10-12H2,1-2H3. The molecule has 126 valence electrons. The predicted molar refractivity (Wildman–Crippen MR) is 87.6 cm³/mol. The minimum absolute atomic E-state index is 0.0166. The molecule has 8 heteroatoms. The Morgan fingerprint density at radius 1 is 1.35 bits per heavy atom. The van der Waals surface area contributed by atoms with Gasteiger partial charge in [-0.3, -0.25) is 14.7 Å². The molecule has 0 saturated carbocycles. The van der Waals surface area contributed by atoms with Gasteiger partial charge in [0.2, 0.25) is 15.9 Å². The van der Waals surface area contributed by atoms with Gasteiger partial charge in [0.25, 0.3) is 0 Å². The van der Waals surface area contributed by atoms with Gasteiger partial charge < -0.3 is 4.90 Å². The van der Waals surface area contributed by atoms with Crippen molar-refractivity contribution in [2.75, 3.05) is 43.9 Å². The highest BCUT2D eigenvalue weighted by Crippen LogP contribution is 2.34. The SMILES string of the molecule is CCS(=O)(=O)N1CCC2(CN(c3cccnc3)C(=O)CN2C)C1. The molecule has 1 spiro atoms. The predicted octanol–water partition coefficient (Wildman–Crippen LogP) is 0.154. The third kappa shape index (κ3) is 2.86. The number of piperazine rings is 1. The number of hydrogen-bond donors (Lipinski definition) is 0. The van der Waals surface area contributed by atoms with E-state index in [1.165, 1.54) is 0 Å². The van der Waals surface area contributed by atoms with Gasteiger partial charge in [-0.2, -0.15) is 4.31 Å². The summed E-state index contributed by atoms with van der Waals surface area (Å²) in [4.78, 5) is 20.2. The van der Waals surface area contributed by atoms with E-state index in [2.05, 4.69) is 4.98 Å². The van der Waals surface area contributed by atoms with E-state index in [0.29, 0.717) is 19.6 Å². The molecular formula is C15H22N4O3S. The van der Waals surface area contributed by atoms with Gasteiger partial charge in [0.1, 0.15) is 0 Å². The number of amides is 1. The van der Waals surface area contributed by atoms with Crippen molar-refractivity contribution in [1.82, 2.24) is 14.2 Å². The molecular weight excluding hydrogens is 316 g/mol. The van der Waals surface area contributed by atoms with Crippen LogP contribution in [0.2, 0.25) is 0 Å². The van der Waals surface area contributed by atoms with E-state index in [9.17, 15) is 13.2 Å². The Balaban J connectivity index is 1.87. The number of nitrogens with zero attached hydrogens (tertiary/aromatic N) is 4. The van der Waals surface area contributed by atoms with Crippen LogP contribution in [0, 0.1) is 0 Å². The molecule has 1 unspecified atom stereocenters. The fourth-order valence-corrected chi connectivity index (χ4v) is 4.56. The molecule has 0 N–H and O–H groups in total. The van der Waals surface area contributed by atoms with Gasteiger partial charge in [0.15, 0.2) is 0 Å². The fourth-order valence-electron chi connectivity index (χ4n) is 3.39. The van der Waals surface area contributed by atoms with E-state index in [0.717, 1.165) is 12.1 Å². The average molecular weight is 338 g/mol. The fraction of sp³-hybridized carbons (Fsp3) is 0.600. The lowest BCUT2D eigenvalue weighted by molar-refractivity contribution is -0.123. The summed E-state index contributed by atoms with van der Waals surface area (Å²) in [5.74, 6) is 0.126. The molecule has 0 bridgehead atoms. The summed E-state index contributed by atoms with van der Waals surface area (Å²) < 4.78 is 25.9. The van der Waals surface area contributed by atoms with Crippen LogP contribution >= 0.6 is 0 Å². The first-order valence-corrected chi connectivity index (χ1v) is 9.38. The molecule has 1 atom stereocenters. The molecule has 1 amide bonds. The van der Waals surface area contributed by atoms with Crippen LogP contribution in [0.1, 0.15) is 13.3 Å². The van der Waals surface area contributed by atoms with Crippen molar-refractivity contribution in [3.8, 4) is 0 Å². The number of aromatic nitrogens is 1. The van der Waals surface area contributed by atoms with Crippen LogP contribution in [0.15, 0.2) is 24.5 Å². The van der Waals surface area contributed by atoms with Crippen molar-refractivity contribution >= 4 is 21.6 Å². The molecule has 7 nitrogen and oxygen atoms in total. The number of pyridine rings is 1. The second kappa shape index (κ2) is 5.85. The van der Waals surface area contributed by atoms with E-state index < -0.39 is 10.0 Å². The highest BCUT2D eigenvalue weighted by atomic mass is 32.2. The molecule has 0 radical (unpaired) electrons. The van der Waals surface area contributed by atoms with E-state index in [1.54, 1.807) is 34.6 Å². The molecule has 0 aliphatic carbocycles. The monoisotopic (exact) mass is 338 g/mol. The summed E-state index contributed by atoms with van der Waals surface area (Å²) in [6.07, 6.45) is 4.07. The Hall–Kier alpha value is -1.51. The normalized spacial score (nSPS) is 27.0. The first-order valence-electron chi connectivity index (χ1n) is 7.77. The smallest absolute Gasteiger partial charge is 0.241 e. The number of likely N-dealkylation sites (N-methyl/N-ethyl adjacent to an activating group) is 1. The molecule has 2 aliphatic heterocycles. The zero-order chi connectivity index (χ0) is 16.7. The lowest BCUT2D eigenvalue weighted by Crippen LogP contribution is -2.64. The minimum atomic E-state index is -3.20. The van der Waals surface area contributed by atoms with E-state index >= 15 is 0 Å². The van der Waals surface area contributed by atoms with Crippen LogP contribution in [0.5, 0.6) is 0 Å². The topological polar surface area (TPSA) is 73.8 Å². The number of hydrogen-bond acceptors (Lipinski definition) is 5. The summed E-state index contributed by atoms with van der Waals surface area (Å²) in [7, 11) is -1.30. The number of carbonyl (C=O) groups is 1. The Bertz CT molecular complexity index is 694. The van der Waals surface area contributed by atoms with E-state index in [4.69, 9.17) is 0 Å². The lowest BCUT2D eigenvalue weighted by atomic mass is 9.93. The Labute approximate surface area is 136 Å². The van der Waals surface area contributed by atoms with Gasteiger partial charge in [-0.1, -0.05) is 0 Å². The van der Waals surface area contributed by atoms with Gasteiger partial charge >= 0.3 is 0 Å². The molecule has 2 aliphatic rings. The van der Waals surface area contributed by atoms with Crippen molar-refractivity contribution in [3.63, 3.8) is 0 Å². The molecule has 3 rings (SSSR count). The lowest BCUT2D eigenvalue weighted by Gasteiger charge is -2.46. The van der Waals surface area contributed by atoms with Crippen molar-refractivity contribution in [2.24, 2.45) is 0 Å². The highest BCUT2D eigenvalue weighted by Gasteiger charge is 2.49. The molecule has 3 heterocycles. The van der Waals surface area contributed by atoms with Gasteiger partial charge in [-0.15, -0.1) is 0 Å². The average Bonchev–Trinajstić information content (AvgIpc) is 2.98. The maximum Gasteiger partial charge on any atom is 0.241 e. The number of rotatable bonds is 3. The number of sulfonamides is 1. The van der Waals surface area contributed by atoms with Crippen molar-refractivity contribution in [3.05, 3.63) is 24.5 Å². The Kier molecular flexibility index (Phi) is 4.16. The highest BCUT2D eigenvalue weighted by molar-refractivity contribution is 7.89. The van der Waals surface area contributed by atoms with Gasteiger partial charge in [0, 0.05) is 25.8 Å². The molecule has 2 saturated heterocycles. The molecule has 0 aromatic carbocycles. The summed E-state index contributed by atoms with van der Waals surface area (Å²) in [5, 5.41) is 0. The van der Waals surface area contributed by atoms with Crippen molar-refractivity contribution in [2.45, 2.75) is 18.9 Å². The van der Waals surface area contributed by atoms with Gasteiger partial charge in [-0.05, 0) is 32.5 Å². The van der Waals surface area contributed by atoms with Crippen LogP contribution in [0.3, 0.4) is 0 Å². The second-order valence-corrected chi connectivity index (χ2v) is 8.51. The molecule has 1 aromatic heterocycles. The summed E-state index contributed by atoms with van der Waals surface area (Å²) in [6, 6.07) is 3.66. The first kappa shape index (κ1) is 16.4. The molecule has 23 heavy (non-hydrogen) atoms. The van der Waals surface area contributed by atoms with E-state index in [1.807, 2.05) is 18.0 Å². The summed E-state index contributed by atoms with van der Waals surface area (Å²) in [5.41, 5.74) is 0.438. The largest absolute Gasteiger partial charge is 0.308 e. The van der Waals surface area contributed by atoms with Gasteiger partial charge in [-0.25, -0.2) is 8.42 Å². The van der Waals surface area contributed by atoms with Gasteiger partial charge in [0.05, 0.1) is 29.7 Å². The maximum absolute atomic E-state index is 12.4. The number of carbonyl (C=O) groups excluding carboxylic acids is 1.